The van der Waals surface area contributed by atoms with Crippen LogP contribution in [-0.4, -0.2) is 42.0 Å². The number of aliphatic hydroxyl groups excluding tert-OH is 1. The Hall–Kier alpha value is -2.74. The van der Waals surface area contributed by atoms with E-state index in [9.17, 15) is 5.11 Å². The summed E-state index contributed by atoms with van der Waals surface area (Å²) in [5.74, 6) is 2.38. The molecular weight excluding hydrogens is 388 g/mol. The van der Waals surface area contributed by atoms with Crippen molar-refractivity contribution in [1.29, 1.82) is 0 Å². The molecule has 3 atom stereocenters. The number of nitrogens with one attached hydrogen (secondary N) is 1. The lowest BCUT2D eigenvalue weighted by atomic mass is 9.83. The van der Waals surface area contributed by atoms with E-state index in [1.54, 1.807) is 6.20 Å². The number of H-pyrrole nitrogens is 1. The van der Waals surface area contributed by atoms with Crippen molar-refractivity contribution in [3.8, 4) is 17.2 Å². The van der Waals surface area contributed by atoms with Crippen LogP contribution in [0, 0.1) is 0 Å². The first-order valence-corrected chi connectivity index (χ1v) is 9.59. The van der Waals surface area contributed by atoms with E-state index in [-0.39, 0.29) is 24.4 Å². The number of hydrogen-bond donors (Lipinski definition) is 3. The normalized spacial score (nSPS) is 21.8. The van der Waals surface area contributed by atoms with Crippen LogP contribution in [0.5, 0.6) is 0 Å². The Balaban J connectivity index is 0.00000205. The molecule has 3 heterocycles. The van der Waals surface area contributed by atoms with E-state index < -0.39 is 6.10 Å². The SMILES string of the molecule is Cl.N[C@@H]1C[C@@H](c2nc(-c3c[nH]c4ccccc34)nn2-c2ccccn2)CC[C@H]1O. The third kappa shape index (κ3) is 3.53. The first-order valence-electron chi connectivity index (χ1n) is 9.59. The summed E-state index contributed by atoms with van der Waals surface area (Å²) in [5.41, 5.74) is 8.16. The molecule has 1 aromatic carbocycles. The molecule has 1 saturated carbocycles. The van der Waals surface area contributed by atoms with Gasteiger partial charge in [-0.1, -0.05) is 24.3 Å². The van der Waals surface area contributed by atoms with Crippen molar-refractivity contribution in [2.45, 2.75) is 37.3 Å². The minimum Gasteiger partial charge on any atom is -0.392 e. The van der Waals surface area contributed by atoms with Gasteiger partial charge in [0.1, 0.15) is 5.82 Å². The van der Waals surface area contributed by atoms with Gasteiger partial charge in [-0.15, -0.1) is 17.5 Å². The molecule has 0 aliphatic heterocycles. The Kier molecular flexibility index (Phi) is 5.36. The van der Waals surface area contributed by atoms with E-state index in [4.69, 9.17) is 15.8 Å². The van der Waals surface area contributed by atoms with E-state index in [0.717, 1.165) is 34.5 Å². The average molecular weight is 411 g/mol. The van der Waals surface area contributed by atoms with Gasteiger partial charge >= 0.3 is 0 Å². The number of nitrogens with zero attached hydrogens (tertiary/aromatic N) is 4. The largest absolute Gasteiger partial charge is 0.392 e. The van der Waals surface area contributed by atoms with Crippen LogP contribution in [0.4, 0.5) is 0 Å². The van der Waals surface area contributed by atoms with Crippen LogP contribution in [0.25, 0.3) is 28.1 Å². The van der Waals surface area contributed by atoms with Crippen molar-refractivity contribution in [3.63, 3.8) is 0 Å². The lowest BCUT2D eigenvalue weighted by Crippen LogP contribution is -2.40. The van der Waals surface area contributed by atoms with Gasteiger partial charge in [0.25, 0.3) is 0 Å². The molecule has 4 N–H and O–H groups in total. The van der Waals surface area contributed by atoms with Crippen molar-refractivity contribution in [1.82, 2.24) is 24.7 Å². The smallest absolute Gasteiger partial charge is 0.184 e. The first-order chi connectivity index (χ1) is 13.7. The van der Waals surface area contributed by atoms with Crippen LogP contribution < -0.4 is 5.73 Å². The fourth-order valence-corrected chi connectivity index (χ4v) is 4.03. The molecule has 7 nitrogen and oxygen atoms in total. The Labute approximate surface area is 174 Å². The van der Waals surface area contributed by atoms with E-state index in [2.05, 4.69) is 16.0 Å². The van der Waals surface area contributed by atoms with Crippen LogP contribution >= 0.6 is 12.4 Å². The summed E-state index contributed by atoms with van der Waals surface area (Å²) >= 11 is 0. The number of rotatable bonds is 3. The maximum Gasteiger partial charge on any atom is 0.184 e. The average Bonchev–Trinajstić information content (AvgIpc) is 3.35. The van der Waals surface area contributed by atoms with Crippen LogP contribution in [0.2, 0.25) is 0 Å². The van der Waals surface area contributed by atoms with Gasteiger partial charge in [-0.05, 0) is 37.5 Å². The Morgan fingerprint density at radius 1 is 1.10 bits per heavy atom. The molecule has 3 aromatic heterocycles. The van der Waals surface area contributed by atoms with Gasteiger partial charge in [-0.2, -0.15) is 4.68 Å². The summed E-state index contributed by atoms with van der Waals surface area (Å²) in [6.45, 7) is 0. The molecule has 0 radical (unpaired) electrons. The summed E-state index contributed by atoms with van der Waals surface area (Å²) in [7, 11) is 0. The summed E-state index contributed by atoms with van der Waals surface area (Å²) in [4.78, 5) is 12.7. The second kappa shape index (κ2) is 7.94. The topological polar surface area (TPSA) is 106 Å². The molecule has 0 spiro atoms. The highest BCUT2D eigenvalue weighted by atomic mass is 35.5. The van der Waals surface area contributed by atoms with Gasteiger partial charge in [-0.25, -0.2) is 9.97 Å². The van der Waals surface area contributed by atoms with Crippen molar-refractivity contribution >= 4 is 23.3 Å². The highest BCUT2D eigenvalue weighted by Gasteiger charge is 2.31. The maximum atomic E-state index is 10.0. The summed E-state index contributed by atoms with van der Waals surface area (Å²) in [6, 6.07) is 13.6. The number of aromatic nitrogens is 5. The van der Waals surface area contributed by atoms with Gasteiger partial charge in [0, 0.05) is 40.8 Å². The van der Waals surface area contributed by atoms with Gasteiger partial charge < -0.3 is 15.8 Å². The Morgan fingerprint density at radius 3 is 2.72 bits per heavy atom. The van der Waals surface area contributed by atoms with Gasteiger partial charge in [0.2, 0.25) is 0 Å². The molecule has 29 heavy (non-hydrogen) atoms. The summed E-state index contributed by atoms with van der Waals surface area (Å²) in [6.07, 6.45) is 5.43. The third-order valence-corrected chi connectivity index (χ3v) is 5.56. The second-order valence-corrected chi connectivity index (χ2v) is 7.38. The van der Waals surface area contributed by atoms with E-state index in [1.807, 2.05) is 47.3 Å². The lowest BCUT2D eigenvalue weighted by Gasteiger charge is -2.30. The number of fused-ring (bicyclic) bond motifs is 1. The van der Waals surface area contributed by atoms with Crippen molar-refractivity contribution in [3.05, 3.63) is 60.7 Å². The number of nitrogens with two attached hydrogens (primary N) is 1. The number of para-hydroxylation sites is 1. The zero-order valence-corrected chi connectivity index (χ0v) is 16.6. The molecule has 0 unspecified atom stereocenters. The molecule has 1 aliphatic carbocycles. The standard InChI is InChI=1S/C21H22N6O.ClH/c22-16-11-13(8-9-18(16)28)21-25-20(26-27(21)19-7-3-4-10-23-19)15-12-24-17-6-2-1-5-14(15)17;/h1-7,10,12-13,16,18,24,28H,8-9,11,22H2;1H/t13-,16+,18+;/m0./s1. The predicted molar refractivity (Wildman–Crippen MR) is 114 cm³/mol. The minimum absolute atomic E-state index is 0. The zero-order valence-electron chi connectivity index (χ0n) is 15.8. The zero-order chi connectivity index (χ0) is 19.1. The highest BCUT2D eigenvalue weighted by molar-refractivity contribution is 5.93. The van der Waals surface area contributed by atoms with Crippen molar-refractivity contribution in [2.75, 3.05) is 0 Å². The Bertz CT molecular complexity index is 1110. The molecule has 0 saturated heterocycles. The van der Waals surface area contributed by atoms with Gasteiger partial charge in [0.05, 0.1) is 6.10 Å². The molecule has 0 bridgehead atoms. The number of pyridine rings is 1. The fraction of sp³-hybridized carbons (Fsp3) is 0.286. The van der Waals surface area contributed by atoms with Gasteiger partial charge in [-0.3, -0.25) is 0 Å². The van der Waals surface area contributed by atoms with E-state index in [0.29, 0.717) is 18.7 Å². The summed E-state index contributed by atoms with van der Waals surface area (Å²) < 4.78 is 1.83. The number of aromatic amines is 1. The molecular formula is C21H23ClN6O. The van der Waals surface area contributed by atoms with Crippen molar-refractivity contribution in [2.24, 2.45) is 5.73 Å². The summed E-state index contributed by atoms with van der Waals surface area (Å²) in [5, 5.41) is 15.9. The number of hydrogen-bond acceptors (Lipinski definition) is 5. The molecule has 1 aliphatic rings. The second-order valence-electron chi connectivity index (χ2n) is 7.38. The predicted octanol–water partition coefficient (Wildman–Crippen LogP) is 3.19. The van der Waals surface area contributed by atoms with Gasteiger partial charge in [0.15, 0.2) is 11.6 Å². The van der Waals surface area contributed by atoms with Crippen LogP contribution in [-0.2, 0) is 0 Å². The molecule has 0 amide bonds. The lowest BCUT2D eigenvalue weighted by molar-refractivity contribution is 0.0989. The fourth-order valence-electron chi connectivity index (χ4n) is 4.03. The first kappa shape index (κ1) is 19.6. The van der Waals surface area contributed by atoms with E-state index >= 15 is 0 Å². The van der Waals surface area contributed by atoms with Crippen LogP contribution in [0.15, 0.2) is 54.9 Å². The molecule has 8 heteroatoms. The number of benzene rings is 1. The third-order valence-electron chi connectivity index (χ3n) is 5.56. The van der Waals surface area contributed by atoms with Crippen LogP contribution in [0.3, 0.4) is 0 Å². The number of halogens is 1. The monoisotopic (exact) mass is 410 g/mol. The van der Waals surface area contributed by atoms with E-state index in [1.165, 1.54) is 0 Å². The number of aliphatic hydroxyl groups is 1. The Morgan fingerprint density at radius 2 is 1.93 bits per heavy atom. The quantitative estimate of drug-likeness (QED) is 0.481. The molecule has 5 rings (SSSR count). The molecule has 150 valence electrons. The maximum absolute atomic E-state index is 10.0. The molecule has 4 aromatic rings. The van der Waals surface area contributed by atoms with Crippen molar-refractivity contribution < 1.29 is 5.11 Å². The highest BCUT2D eigenvalue weighted by Crippen LogP contribution is 2.34. The molecule has 1 fully saturated rings. The minimum atomic E-state index is -0.449. The van der Waals surface area contributed by atoms with Crippen LogP contribution in [0.1, 0.15) is 31.0 Å².